The van der Waals surface area contributed by atoms with E-state index in [1.165, 1.54) is 36.8 Å². The normalized spacial score (nSPS) is 44.8. The quantitative estimate of drug-likeness (QED) is 0.751. The maximum absolute atomic E-state index is 10.5. The average Bonchev–Trinajstić information content (AvgIpc) is 2.56. The van der Waals surface area contributed by atoms with Crippen molar-refractivity contribution in [2.75, 3.05) is 0 Å². The van der Waals surface area contributed by atoms with Crippen molar-refractivity contribution in [3.8, 4) is 0 Å². The van der Waals surface area contributed by atoms with E-state index in [1.54, 1.807) is 0 Å². The second-order valence-electron chi connectivity index (χ2n) is 8.71. The number of aliphatic hydroxyl groups excluding tert-OH is 1. The van der Waals surface area contributed by atoms with Crippen molar-refractivity contribution in [1.29, 1.82) is 0 Å². The van der Waals surface area contributed by atoms with Crippen LogP contribution in [0, 0.1) is 22.7 Å². The minimum atomic E-state index is -0.629. The molecule has 22 heavy (non-hydrogen) atoms. The topological polar surface area (TPSA) is 29.5 Å². The number of rotatable bonds is 1. The molecule has 3 rings (SSSR count). The van der Waals surface area contributed by atoms with Crippen LogP contribution in [0.2, 0.25) is 0 Å². The number of allylic oxidation sites excluding steroid dienone is 2. The predicted octanol–water partition coefficient (Wildman–Crippen LogP) is 4.84. The second-order valence-corrected chi connectivity index (χ2v) is 8.71. The third kappa shape index (κ3) is 2.39. The van der Waals surface area contributed by atoms with Crippen molar-refractivity contribution in [3.63, 3.8) is 0 Å². The highest BCUT2D eigenvalue weighted by atomic mass is 16.6. The third-order valence-electron chi connectivity index (χ3n) is 7.13. The van der Waals surface area contributed by atoms with E-state index in [9.17, 15) is 5.11 Å². The summed E-state index contributed by atoms with van der Waals surface area (Å²) in [6.45, 7) is 13.4. The molecule has 3 aliphatic rings. The van der Waals surface area contributed by atoms with Crippen molar-refractivity contribution in [1.82, 2.24) is 0 Å². The van der Waals surface area contributed by atoms with Crippen LogP contribution in [0.25, 0.3) is 0 Å². The minimum Gasteiger partial charge on any atom is -0.368 e. The van der Waals surface area contributed by atoms with Crippen LogP contribution in [-0.2, 0) is 4.74 Å². The molecular formula is C20H32O2. The highest BCUT2D eigenvalue weighted by Crippen LogP contribution is 2.61. The van der Waals surface area contributed by atoms with Gasteiger partial charge in [-0.3, -0.25) is 0 Å². The molecule has 0 aromatic rings. The van der Waals surface area contributed by atoms with Crippen LogP contribution in [0.15, 0.2) is 23.8 Å². The lowest BCUT2D eigenvalue weighted by atomic mass is 9.49. The van der Waals surface area contributed by atoms with Crippen molar-refractivity contribution >= 4 is 0 Å². The van der Waals surface area contributed by atoms with E-state index < -0.39 is 6.29 Å². The monoisotopic (exact) mass is 304 g/mol. The summed E-state index contributed by atoms with van der Waals surface area (Å²) in [7, 11) is 0. The summed E-state index contributed by atoms with van der Waals surface area (Å²) in [5, 5.41) is 10.5. The Morgan fingerprint density at radius 1 is 1.27 bits per heavy atom. The first-order valence-electron chi connectivity index (χ1n) is 8.95. The fourth-order valence-electron chi connectivity index (χ4n) is 5.90. The van der Waals surface area contributed by atoms with Gasteiger partial charge in [-0.1, -0.05) is 39.8 Å². The first-order valence-corrected chi connectivity index (χ1v) is 8.95. The molecule has 1 aliphatic heterocycles. The molecule has 0 spiro atoms. The lowest BCUT2D eigenvalue weighted by Crippen LogP contribution is -2.49. The van der Waals surface area contributed by atoms with E-state index in [1.807, 2.05) is 6.08 Å². The Bertz CT molecular complexity index is 490. The SMILES string of the molecule is C=CC1=C(C)[C@@H]2O[C@@H](O)CC3C(C)(C)CCC[C@]3(C)C2CC1. The number of ether oxygens (including phenoxy) is 1. The maximum Gasteiger partial charge on any atom is 0.155 e. The van der Waals surface area contributed by atoms with Gasteiger partial charge in [0.25, 0.3) is 0 Å². The molecule has 0 bridgehead atoms. The third-order valence-corrected chi connectivity index (χ3v) is 7.13. The van der Waals surface area contributed by atoms with Crippen molar-refractivity contribution in [3.05, 3.63) is 23.8 Å². The van der Waals surface area contributed by atoms with Gasteiger partial charge < -0.3 is 9.84 Å². The fourth-order valence-corrected chi connectivity index (χ4v) is 5.90. The number of fused-ring (bicyclic) bond motifs is 3. The van der Waals surface area contributed by atoms with Gasteiger partial charge in [-0.15, -0.1) is 0 Å². The van der Waals surface area contributed by atoms with Crippen LogP contribution in [0.4, 0.5) is 0 Å². The molecule has 1 saturated heterocycles. The molecule has 2 nitrogen and oxygen atoms in total. The number of hydrogen-bond acceptors (Lipinski definition) is 2. The highest BCUT2D eigenvalue weighted by molar-refractivity contribution is 5.30. The molecule has 1 heterocycles. The zero-order chi connectivity index (χ0) is 16.1. The van der Waals surface area contributed by atoms with E-state index in [4.69, 9.17) is 4.74 Å². The standard InChI is InChI=1S/C20H32O2/c1-6-14-8-9-15-18(13(14)2)22-17(21)12-16-19(3,4)10-7-11-20(15,16)5/h6,15-18,21H,1,7-12H2,2-5H3/t15?,16?,17-,18+,20-/m1/s1. The molecule has 0 aromatic heterocycles. The summed E-state index contributed by atoms with van der Waals surface area (Å²) in [6, 6.07) is 0. The minimum absolute atomic E-state index is 0.0700. The van der Waals surface area contributed by atoms with Crippen LogP contribution in [-0.4, -0.2) is 17.5 Å². The van der Waals surface area contributed by atoms with Crippen LogP contribution >= 0.6 is 0 Å². The van der Waals surface area contributed by atoms with Crippen molar-refractivity contribution < 1.29 is 9.84 Å². The Labute approximate surface area is 135 Å². The smallest absolute Gasteiger partial charge is 0.155 e. The molecule has 5 atom stereocenters. The van der Waals surface area contributed by atoms with Crippen LogP contribution in [0.1, 0.15) is 66.2 Å². The lowest BCUT2D eigenvalue weighted by molar-refractivity contribution is -0.138. The maximum atomic E-state index is 10.5. The summed E-state index contributed by atoms with van der Waals surface area (Å²) in [5.41, 5.74) is 3.20. The molecule has 2 fully saturated rings. The van der Waals surface area contributed by atoms with Gasteiger partial charge in [0.1, 0.15) is 0 Å². The van der Waals surface area contributed by atoms with Gasteiger partial charge in [-0.2, -0.15) is 0 Å². The van der Waals surface area contributed by atoms with E-state index in [0.29, 0.717) is 17.3 Å². The molecule has 2 aliphatic carbocycles. The van der Waals surface area contributed by atoms with Gasteiger partial charge in [0, 0.05) is 6.42 Å². The fraction of sp³-hybridized carbons (Fsp3) is 0.800. The van der Waals surface area contributed by atoms with E-state index in [-0.39, 0.29) is 11.5 Å². The van der Waals surface area contributed by atoms with E-state index >= 15 is 0 Å². The molecule has 1 saturated carbocycles. The Hall–Kier alpha value is -0.600. The van der Waals surface area contributed by atoms with Crippen molar-refractivity contribution in [2.45, 2.75) is 78.6 Å². The average molecular weight is 304 g/mol. The Morgan fingerprint density at radius 2 is 2.00 bits per heavy atom. The Balaban J connectivity index is 2.05. The first-order chi connectivity index (χ1) is 10.3. The van der Waals surface area contributed by atoms with E-state index in [0.717, 1.165) is 12.8 Å². The zero-order valence-electron chi connectivity index (χ0n) is 14.7. The second kappa shape index (κ2) is 5.49. The molecule has 0 radical (unpaired) electrons. The summed E-state index contributed by atoms with van der Waals surface area (Å²) < 4.78 is 6.16. The van der Waals surface area contributed by atoms with Gasteiger partial charge >= 0.3 is 0 Å². The number of hydrogen-bond donors (Lipinski definition) is 1. The Morgan fingerprint density at radius 3 is 2.68 bits per heavy atom. The lowest BCUT2D eigenvalue weighted by Gasteiger charge is -2.55. The predicted molar refractivity (Wildman–Crippen MR) is 90.3 cm³/mol. The van der Waals surface area contributed by atoms with Crippen molar-refractivity contribution in [2.24, 2.45) is 22.7 Å². The highest BCUT2D eigenvalue weighted by Gasteiger charge is 2.55. The summed E-state index contributed by atoms with van der Waals surface area (Å²) >= 11 is 0. The van der Waals surface area contributed by atoms with Crippen LogP contribution in [0.3, 0.4) is 0 Å². The molecule has 0 aromatic carbocycles. The van der Waals surface area contributed by atoms with Gasteiger partial charge in [0.05, 0.1) is 6.10 Å². The van der Waals surface area contributed by atoms with E-state index in [2.05, 4.69) is 34.3 Å². The summed E-state index contributed by atoms with van der Waals surface area (Å²) in [6.07, 6.45) is 8.33. The first kappa shape index (κ1) is 16.3. The molecule has 2 unspecified atom stereocenters. The van der Waals surface area contributed by atoms with Gasteiger partial charge in [0.15, 0.2) is 6.29 Å². The van der Waals surface area contributed by atoms with Gasteiger partial charge in [-0.25, -0.2) is 0 Å². The zero-order valence-corrected chi connectivity index (χ0v) is 14.7. The van der Waals surface area contributed by atoms with Crippen LogP contribution < -0.4 is 0 Å². The molecule has 2 heteroatoms. The van der Waals surface area contributed by atoms with Crippen LogP contribution in [0.5, 0.6) is 0 Å². The van der Waals surface area contributed by atoms with Gasteiger partial charge in [0.2, 0.25) is 0 Å². The largest absolute Gasteiger partial charge is 0.368 e. The molecule has 124 valence electrons. The summed E-state index contributed by atoms with van der Waals surface area (Å²) in [4.78, 5) is 0. The molecule has 0 amide bonds. The molecule has 1 N–H and O–H groups in total. The summed E-state index contributed by atoms with van der Waals surface area (Å²) in [5.74, 6) is 1.06. The number of aliphatic hydroxyl groups is 1. The molecular weight excluding hydrogens is 272 g/mol. The Kier molecular flexibility index (Phi) is 4.06. The van der Waals surface area contributed by atoms with Gasteiger partial charge in [-0.05, 0) is 66.4 Å².